The summed E-state index contributed by atoms with van der Waals surface area (Å²) in [7, 11) is 0. The molecule has 0 unspecified atom stereocenters. The molecule has 0 amide bonds. The first-order valence-corrected chi connectivity index (χ1v) is 8.46. The van der Waals surface area contributed by atoms with Crippen LogP contribution in [-0.4, -0.2) is 15.0 Å². The van der Waals surface area contributed by atoms with Crippen LogP contribution in [0.2, 0.25) is 0 Å². The predicted octanol–water partition coefficient (Wildman–Crippen LogP) is 5.19. The minimum atomic E-state index is -0.296. The lowest BCUT2D eigenvalue weighted by atomic mass is 10.2. The van der Waals surface area contributed by atoms with Crippen LogP contribution < -0.4 is 5.32 Å². The highest BCUT2D eigenvalue weighted by molar-refractivity contribution is 9.10. The first kappa shape index (κ1) is 14.5. The normalized spacial score (nSPS) is 11.3. The molecule has 2 aromatic carbocycles. The van der Waals surface area contributed by atoms with Gasteiger partial charge < -0.3 is 5.32 Å². The molecule has 2 heterocycles. The number of fused-ring (bicyclic) bond motifs is 3. The van der Waals surface area contributed by atoms with E-state index in [-0.39, 0.29) is 5.82 Å². The molecule has 0 saturated carbocycles. The van der Waals surface area contributed by atoms with E-state index in [9.17, 15) is 4.39 Å². The quantitative estimate of drug-likeness (QED) is 0.513. The molecule has 23 heavy (non-hydrogen) atoms. The zero-order valence-electron chi connectivity index (χ0n) is 12.0. The Kier molecular flexibility index (Phi) is 3.46. The van der Waals surface area contributed by atoms with Gasteiger partial charge >= 0.3 is 0 Å². The highest BCUT2D eigenvalue weighted by atomic mass is 79.9. The maximum atomic E-state index is 13.3. The van der Waals surface area contributed by atoms with Crippen molar-refractivity contribution < 1.29 is 4.39 Å². The van der Waals surface area contributed by atoms with Gasteiger partial charge in [-0.3, -0.25) is 0 Å². The van der Waals surface area contributed by atoms with E-state index >= 15 is 0 Å². The molecule has 0 saturated heterocycles. The number of nitrogens with zero attached hydrogens (tertiary/aromatic N) is 3. The first-order chi connectivity index (χ1) is 11.1. The number of benzene rings is 2. The number of aromatic nitrogens is 3. The monoisotopic (exact) mass is 388 g/mol. The maximum absolute atomic E-state index is 13.3. The van der Waals surface area contributed by atoms with E-state index in [2.05, 4.69) is 36.2 Å². The van der Waals surface area contributed by atoms with E-state index in [1.54, 1.807) is 17.4 Å². The van der Waals surface area contributed by atoms with Gasteiger partial charge in [0.1, 0.15) is 18.0 Å². The smallest absolute Gasteiger partial charge is 0.143 e. The van der Waals surface area contributed by atoms with Gasteiger partial charge in [-0.2, -0.15) is 0 Å². The van der Waals surface area contributed by atoms with Crippen molar-refractivity contribution in [3.63, 3.8) is 0 Å². The second-order valence-corrected chi connectivity index (χ2v) is 7.07. The molecular weight excluding hydrogens is 379 g/mol. The molecule has 2 aromatic heterocycles. The summed E-state index contributed by atoms with van der Waals surface area (Å²) < 4.78 is 14.9. The zero-order chi connectivity index (χ0) is 16.0. The molecule has 1 N–H and O–H groups in total. The van der Waals surface area contributed by atoms with Gasteiger partial charge in [-0.05, 0) is 53.2 Å². The fourth-order valence-corrected chi connectivity index (χ4v) is 3.87. The summed E-state index contributed by atoms with van der Waals surface area (Å²) in [5.41, 5.74) is 2.51. The molecule has 0 atom stereocenters. The van der Waals surface area contributed by atoms with E-state index in [0.717, 1.165) is 31.8 Å². The molecule has 4 aromatic rings. The van der Waals surface area contributed by atoms with E-state index < -0.39 is 0 Å². The fraction of sp³-hybridized carbons (Fsp3) is 0.0625. The Morgan fingerprint density at radius 3 is 2.78 bits per heavy atom. The van der Waals surface area contributed by atoms with Gasteiger partial charge in [-0.25, -0.2) is 19.3 Å². The van der Waals surface area contributed by atoms with Crippen LogP contribution in [-0.2, 0) is 0 Å². The summed E-state index contributed by atoms with van der Waals surface area (Å²) in [6.45, 7) is 1.98. The number of anilines is 2. The van der Waals surface area contributed by atoms with Crippen molar-refractivity contribution >= 4 is 59.9 Å². The Labute approximate surface area is 143 Å². The van der Waals surface area contributed by atoms with Crippen LogP contribution in [0.15, 0.2) is 41.1 Å². The second-order valence-electron chi connectivity index (χ2n) is 5.01. The predicted molar refractivity (Wildman–Crippen MR) is 94.8 cm³/mol. The molecule has 7 heteroatoms. The number of hydrogen-bond donors (Lipinski definition) is 1. The number of halogens is 2. The van der Waals surface area contributed by atoms with E-state index in [4.69, 9.17) is 0 Å². The van der Waals surface area contributed by atoms with Crippen LogP contribution in [0.4, 0.5) is 15.9 Å². The highest BCUT2D eigenvalue weighted by Crippen LogP contribution is 2.35. The molecule has 0 aliphatic rings. The Morgan fingerprint density at radius 1 is 1.13 bits per heavy atom. The standard InChI is InChI=1S/C16H10BrFN4S/c1-8-21-13-5-4-12-14(15(13)23-8)16(20-7-19-12)22-11-3-2-9(18)6-10(11)17/h2-7H,1H3,(H,19,20,22). The maximum Gasteiger partial charge on any atom is 0.143 e. The third-order valence-corrected chi connectivity index (χ3v) is 5.11. The largest absolute Gasteiger partial charge is 0.339 e. The summed E-state index contributed by atoms with van der Waals surface area (Å²) in [5, 5.41) is 5.17. The second kappa shape index (κ2) is 5.50. The van der Waals surface area contributed by atoms with Gasteiger partial charge in [-0.1, -0.05) is 0 Å². The molecule has 0 fully saturated rings. The van der Waals surface area contributed by atoms with Gasteiger partial charge in [0.05, 0.1) is 31.8 Å². The van der Waals surface area contributed by atoms with Crippen molar-refractivity contribution in [3.05, 3.63) is 52.0 Å². The van der Waals surface area contributed by atoms with Crippen molar-refractivity contribution in [1.82, 2.24) is 15.0 Å². The highest BCUT2D eigenvalue weighted by Gasteiger charge is 2.12. The lowest BCUT2D eigenvalue weighted by Crippen LogP contribution is -1.97. The number of aryl methyl sites for hydroxylation is 1. The Morgan fingerprint density at radius 2 is 1.96 bits per heavy atom. The summed E-state index contributed by atoms with van der Waals surface area (Å²) in [4.78, 5) is 13.2. The summed E-state index contributed by atoms with van der Waals surface area (Å²) in [6.07, 6.45) is 1.52. The Hall–Kier alpha value is -2.12. The minimum Gasteiger partial charge on any atom is -0.339 e. The molecule has 4 rings (SSSR count). The molecular formula is C16H10BrFN4S. The van der Waals surface area contributed by atoms with Crippen LogP contribution in [0.5, 0.6) is 0 Å². The van der Waals surface area contributed by atoms with Crippen LogP contribution >= 0.6 is 27.3 Å². The average molecular weight is 389 g/mol. The topological polar surface area (TPSA) is 50.7 Å². The van der Waals surface area contributed by atoms with Crippen LogP contribution in [0, 0.1) is 12.7 Å². The molecule has 0 bridgehead atoms. The summed E-state index contributed by atoms with van der Waals surface area (Å²) >= 11 is 4.98. The van der Waals surface area contributed by atoms with E-state index in [1.807, 2.05) is 19.1 Å². The first-order valence-electron chi connectivity index (χ1n) is 6.85. The number of hydrogen-bond acceptors (Lipinski definition) is 5. The third kappa shape index (κ3) is 2.55. The van der Waals surface area contributed by atoms with Gasteiger partial charge in [0.25, 0.3) is 0 Å². The van der Waals surface area contributed by atoms with Crippen molar-refractivity contribution in [2.75, 3.05) is 5.32 Å². The lowest BCUT2D eigenvalue weighted by Gasteiger charge is -2.10. The molecule has 4 nitrogen and oxygen atoms in total. The third-order valence-electron chi connectivity index (χ3n) is 3.45. The number of thiazole rings is 1. The lowest BCUT2D eigenvalue weighted by molar-refractivity contribution is 0.627. The average Bonchev–Trinajstić information content (AvgIpc) is 2.90. The van der Waals surface area contributed by atoms with Crippen molar-refractivity contribution in [1.29, 1.82) is 0 Å². The van der Waals surface area contributed by atoms with Crippen molar-refractivity contribution in [2.45, 2.75) is 6.92 Å². The van der Waals surface area contributed by atoms with Crippen LogP contribution in [0.25, 0.3) is 21.1 Å². The number of rotatable bonds is 2. The Bertz CT molecular complexity index is 1050. The zero-order valence-corrected chi connectivity index (χ0v) is 14.4. The van der Waals surface area contributed by atoms with Gasteiger partial charge in [0, 0.05) is 4.47 Å². The summed E-state index contributed by atoms with van der Waals surface area (Å²) in [6, 6.07) is 8.39. The van der Waals surface area contributed by atoms with Gasteiger partial charge in [0.2, 0.25) is 0 Å². The molecule has 0 aliphatic carbocycles. The van der Waals surface area contributed by atoms with Gasteiger partial charge in [-0.15, -0.1) is 11.3 Å². The van der Waals surface area contributed by atoms with Crippen molar-refractivity contribution in [3.8, 4) is 0 Å². The fourth-order valence-electron chi connectivity index (χ4n) is 2.46. The van der Waals surface area contributed by atoms with Crippen LogP contribution in [0.3, 0.4) is 0 Å². The number of nitrogens with one attached hydrogen (secondary N) is 1. The van der Waals surface area contributed by atoms with Crippen LogP contribution in [0.1, 0.15) is 5.01 Å². The Balaban J connectivity index is 1.94. The minimum absolute atomic E-state index is 0.296. The van der Waals surface area contributed by atoms with E-state index in [0.29, 0.717) is 10.3 Å². The summed E-state index contributed by atoms with van der Waals surface area (Å²) in [5.74, 6) is 0.381. The van der Waals surface area contributed by atoms with E-state index in [1.165, 1.54) is 18.5 Å². The molecule has 114 valence electrons. The molecule has 0 radical (unpaired) electrons. The molecule has 0 spiro atoms. The SMILES string of the molecule is Cc1nc2ccc3ncnc(Nc4ccc(F)cc4Br)c3c2s1. The molecule has 0 aliphatic heterocycles. The van der Waals surface area contributed by atoms with Gasteiger partial charge in [0.15, 0.2) is 0 Å². The van der Waals surface area contributed by atoms with Crippen molar-refractivity contribution in [2.24, 2.45) is 0 Å².